The molecular formula is C21H43NS. The van der Waals surface area contributed by atoms with E-state index in [1.54, 1.807) is 0 Å². The summed E-state index contributed by atoms with van der Waals surface area (Å²) in [6.45, 7) is 2.27. The summed E-state index contributed by atoms with van der Waals surface area (Å²) >= 11 is 2.13. The minimum Gasteiger partial charge on any atom is -0.344 e. The number of terminal acetylenes is 1. The molecule has 138 valence electrons. The highest BCUT2D eigenvalue weighted by Crippen LogP contribution is 2.14. The first-order chi connectivity index (χ1) is 10.9. The predicted octanol–water partition coefficient (Wildman–Crippen LogP) is 7.78. The molecule has 0 rings (SSSR count). The summed E-state index contributed by atoms with van der Waals surface area (Å²) in [6.07, 6.45) is 27.5. The van der Waals surface area contributed by atoms with Crippen LogP contribution in [0.2, 0.25) is 0 Å². The Labute approximate surface area is 151 Å². The second-order valence-corrected chi connectivity index (χ2v) is 7.74. The highest BCUT2D eigenvalue weighted by molar-refractivity contribution is 7.99. The Morgan fingerprint density at radius 2 is 1.00 bits per heavy atom. The molecule has 0 saturated heterocycles. The Kier molecular flexibility index (Phi) is 26.3. The number of hydrogen-bond acceptors (Lipinski definition) is 2. The lowest BCUT2D eigenvalue weighted by Crippen LogP contribution is -1.85. The van der Waals surface area contributed by atoms with Crippen molar-refractivity contribution in [2.45, 2.75) is 110 Å². The van der Waals surface area contributed by atoms with Crippen LogP contribution in [0.25, 0.3) is 0 Å². The molecule has 2 heteroatoms. The highest BCUT2D eigenvalue weighted by atomic mass is 32.2. The van der Waals surface area contributed by atoms with Gasteiger partial charge >= 0.3 is 0 Å². The molecule has 0 aromatic carbocycles. The molecule has 1 nitrogen and oxygen atoms in total. The second kappa shape index (κ2) is 24.1. The Bertz CT molecular complexity index is 234. The van der Waals surface area contributed by atoms with Crippen molar-refractivity contribution >= 4 is 11.8 Å². The van der Waals surface area contributed by atoms with Gasteiger partial charge in [-0.3, -0.25) is 0 Å². The van der Waals surface area contributed by atoms with E-state index in [4.69, 9.17) is 6.42 Å². The maximum atomic E-state index is 5.25. The molecule has 0 saturated carbocycles. The summed E-state index contributed by atoms with van der Waals surface area (Å²) in [5.41, 5.74) is 0. The molecule has 0 spiro atoms. The van der Waals surface area contributed by atoms with E-state index < -0.39 is 0 Å². The molecule has 23 heavy (non-hydrogen) atoms. The molecule has 0 aromatic heterocycles. The molecule has 0 aliphatic heterocycles. The Hall–Kier alpha value is -0.130. The third-order valence-electron chi connectivity index (χ3n) is 4.21. The van der Waals surface area contributed by atoms with Crippen molar-refractivity contribution in [3.8, 4) is 12.3 Å². The van der Waals surface area contributed by atoms with Gasteiger partial charge in [0.15, 0.2) is 0 Å². The maximum Gasteiger partial charge on any atom is 0.00860 e. The molecule has 0 heterocycles. The standard InChI is InChI=1S/C21H40S.H3N/c1-3-5-6-7-8-9-10-11-12-13-14-15-16-17-18-19-21-22-20-4-2;/h1H,4-21H2,2H3;1H3. The maximum absolute atomic E-state index is 5.25. The average molecular weight is 342 g/mol. The van der Waals surface area contributed by atoms with Gasteiger partial charge in [-0.05, 0) is 30.8 Å². The van der Waals surface area contributed by atoms with Gasteiger partial charge in [0, 0.05) is 6.42 Å². The van der Waals surface area contributed by atoms with Crippen LogP contribution in [0.1, 0.15) is 110 Å². The Morgan fingerprint density at radius 1 is 0.609 bits per heavy atom. The molecule has 0 unspecified atom stereocenters. The molecule has 0 amide bonds. The van der Waals surface area contributed by atoms with Gasteiger partial charge in [-0.1, -0.05) is 84.0 Å². The molecule has 0 radical (unpaired) electrons. The van der Waals surface area contributed by atoms with Crippen LogP contribution in [0.3, 0.4) is 0 Å². The zero-order valence-corrected chi connectivity index (χ0v) is 16.7. The first-order valence-electron chi connectivity index (χ1n) is 9.93. The lowest BCUT2D eigenvalue weighted by atomic mass is 10.0. The summed E-state index contributed by atoms with van der Waals surface area (Å²) < 4.78 is 0. The van der Waals surface area contributed by atoms with Crippen molar-refractivity contribution in [1.29, 1.82) is 0 Å². The zero-order chi connectivity index (χ0) is 16.1. The van der Waals surface area contributed by atoms with Crippen molar-refractivity contribution in [2.24, 2.45) is 0 Å². The zero-order valence-electron chi connectivity index (χ0n) is 15.9. The van der Waals surface area contributed by atoms with Gasteiger partial charge < -0.3 is 6.15 Å². The van der Waals surface area contributed by atoms with Crippen molar-refractivity contribution in [2.75, 3.05) is 11.5 Å². The summed E-state index contributed by atoms with van der Waals surface area (Å²) in [5.74, 6) is 5.46. The van der Waals surface area contributed by atoms with E-state index in [2.05, 4.69) is 24.6 Å². The van der Waals surface area contributed by atoms with Crippen LogP contribution >= 0.6 is 11.8 Å². The molecule has 0 aromatic rings. The van der Waals surface area contributed by atoms with Gasteiger partial charge in [0.05, 0.1) is 0 Å². The van der Waals surface area contributed by atoms with Gasteiger partial charge in [-0.15, -0.1) is 12.3 Å². The fourth-order valence-electron chi connectivity index (χ4n) is 2.80. The van der Waals surface area contributed by atoms with E-state index in [1.807, 2.05) is 0 Å². The molecule has 0 aliphatic carbocycles. The monoisotopic (exact) mass is 341 g/mol. The van der Waals surface area contributed by atoms with Gasteiger partial charge in [-0.2, -0.15) is 11.8 Å². The minimum absolute atomic E-state index is 0. The molecule has 0 fully saturated rings. The topological polar surface area (TPSA) is 35.0 Å². The molecule has 3 N–H and O–H groups in total. The van der Waals surface area contributed by atoms with Crippen molar-refractivity contribution in [3.05, 3.63) is 0 Å². The fraction of sp³-hybridized carbons (Fsp3) is 0.905. The average Bonchev–Trinajstić information content (AvgIpc) is 2.54. The van der Waals surface area contributed by atoms with Crippen LogP contribution in [-0.4, -0.2) is 11.5 Å². The fourth-order valence-corrected chi connectivity index (χ4v) is 3.70. The Balaban J connectivity index is 0. The van der Waals surface area contributed by atoms with Crippen LogP contribution in [0.4, 0.5) is 0 Å². The number of rotatable bonds is 18. The van der Waals surface area contributed by atoms with E-state index in [-0.39, 0.29) is 6.15 Å². The van der Waals surface area contributed by atoms with Crippen LogP contribution in [0.15, 0.2) is 0 Å². The summed E-state index contributed by atoms with van der Waals surface area (Å²) in [6, 6.07) is 0. The van der Waals surface area contributed by atoms with E-state index in [0.717, 1.165) is 6.42 Å². The van der Waals surface area contributed by atoms with E-state index in [9.17, 15) is 0 Å². The first-order valence-corrected chi connectivity index (χ1v) is 11.1. The first kappa shape index (κ1) is 25.1. The number of hydrogen-bond donors (Lipinski definition) is 1. The van der Waals surface area contributed by atoms with Crippen LogP contribution < -0.4 is 6.15 Å². The lowest BCUT2D eigenvalue weighted by Gasteiger charge is -2.03. The van der Waals surface area contributed by atoms with E-state index >= 15 is 0 Å². The van der Waals surface area contributed by atoms with Crippen LogP contribution in [-0.2, 0) is 0 Å². The van der Waals surface area contributed by atoms with Crippen LogP contribution in [0, 0.1) is 12.3 Å². The highest BCUT2D eigenvalue weighted by Gasteiger charge is 1.94. The molecular weight excluding hydrogens is 298 g/mol. The summed E-state index contributed by atoms with van der Waals surface area (Å²) in [4.78, 5) is 0. The van der Waals surface area contributed by atoms with Gasteiger partial charge in [0.1, 0.15) is 0 Å². The van der Waals surface area contributed by atoms with Crippen molar-refractivity contribution in [3.63, 3.8) is 0 Å². The van der Waals surface area contributed by atoms with E-state index in [1.165, 1.54) is 108 Å². The lowest BCUT2D eigenvalue weighted by molar-refractivity contribution is 0.537. The molecule has 0 atom stereocenters. The predicted molar refractivity (Wildman–Crippen MR) is 111 cm³/mol. The van der Waals surface area contributed by atoms with Crippen molar-refractivity contribution in [1.82, 2.24) is 6.15 Å². The summed E-state index contributed by atoms with van der Waals surface area (Å²) in [5, 5.41) is 0. The molecule has 0 bridgehead atoms. The number of unbranched alkanes of at least 4 members (excludes halogenated alkanes) is 14. The van der Waals surface area contributed by atoms with Crippen molar-refractivity contribution < 1.29 is 0 Å². The quantitative estimate of drug-likeness (QED) is 0.204. The van der Waals surface area contributed by atoms with E-state index in [0.29, 0.717) is 0 Å². The third kappa shape index (κ3) is 24.2. The smallest absolute Gasteiger partial charge is 0.00860 e. The Morgan fingerprint density at radius 3 is 1.39 bits per heavy atom. The molecule has 0 aliphatic rings. The van der Waals surface area contributed by atoms with Gasteiger partial charge in [0.25, 0.3) is 0 Å². The largest absolute Gasteiger partial charge is 0.344 e. The van der Waals surface area contributed by atoms with Crippen LogP contribution in [0.5, 0.6) is 0 Å². The normalized spacial score (nSPS) is 10.3. The van der Waals surface area contributed by atoms with Gasteiger partial charge in [-0.25, -0.2) is 0 Å². The van der Waals surface area contributed by atoms with Gasteiger partial charge in [0.2, 0.25) is 0 Å². The minimum atomic E-state index is 0. The number of thioether (sulfide) groups is 1. The third-order valence-corrected chi connectivity index (χ3v) is 5.48. The SMILES string of the molecule is C#CCCCCCCCCCCCCCCCCSCCC.N. The summed E-state index contributed by atoms with van der Waals surface area (Å²) in [7, 11) is 0. The second-order valence-electron chi connectivity index (χ2n) is 6.52.